The Kier molecular flexibility index (Phi) is 4.88. The summed E-state index contributed by atoms with van der Waals surface area (Å²) < 4.78 is 37.5. The SMILES string of the molecule is NC(CCC(=O)N(CC(F)(F)F)C1CC1)c1ccccc1. The van der Waals surface area contributed by atoms with Crippen molar-refractivity contribution in [3.05, 3.63) is 35.9 Å². The summed E-state index contributed by atoms with van der Waals surface area (Å²) in [6, 6.07) is 8.68. The van der Waals surface area contributed by atoms with Gasteiger partial charge in [0.25, 0.3) is 0 Å². The van der Waals surface area contributed by atoms with E-state index in [0.29, 0.717) is 19.3 Å². The molecule has 116 valence electrons. The molecule has 1 aromatic rings. The van der Waals surface area contributed by atoms with Crippen molar-refractivity contribution in [2.75, 3.05) is 6.54 Å². The van der Waals surface area contributed by atoms with Gasteiger partial charge in [0.05, 0.1) is 0 Å². The molecule has 1 aliphatic rings. The number of halogens is 3. The number of nitrogens with zero attached hydrogens (tertiary/aromatic N) is 1. The van der Waals surface area contributed by atoms with Crippen LogP contribution in [0.1, 0.15) is 37.3 Å². The van der Waals surface area contributed by atoms with Crippen LogP contribution in [0.15, 0.2) is 30.3 Å². The Labute approximate surface area is 121 Å². The standard InChI is InChI=1S/C15H19F3N2O/c16-15(17,18)10-20(12-6-7-12)14(21)9-8-13(19)11-4-2-1-3-5-11/h1-5,12-13H,6-10,19H2. The predicted octanol–water partition coefficient (Wildman–Crippen LogP) is 3.02. The third kappa shape index (κ3) is 5.04. The van der Waals surface area contributed by atoms with Gasteiger partial charge in [0.1, 0.15) is 6.54 Å². The molecule has 0 heterocycles. The largest absolute Gasteiger partial charge is 0.406 e. The Morgan fingerprint density at radius 2 is 1.90 bits per heavy atom. The number of nitrogens with two attached hydrogens (primary N) is 1. The van der Waals surface area contributed by atoms with Crippen LogP contribution in [0.3, 0.4) is 0 Å². The molecule has 21 heavy (non-hydrogen) atoms. The molecule has 1 unspecified atom stereocenters. The number of rotatable bonds is 6. The van der Waals surface area contributed by atoms with Gasteiger partial charge in [-0.15, -0.1) is 0 Å². The number of amides is 1. The lowest BCUT2D eigenvalue weighted by Gasteiger charge is -2.24. The van der Waals surface area contributed by atoms with Crippen LogP contribution in [0.5, 0.6) is 0 Å². The molecule has 0 radical (unpaired) electrons. The highest BCUT2D eigenvalue weighted by molar-refractivity contribution is 5.77. The average Bonchev–Trinajstić information content (AvgIpc) is 3.26. The van der Waals surface area contributed by atoms with Crippen LogP contribution in [-0.2, 0) is 4.79 Å². The normalized spacial score (nSPS) is 16.6. The summed E-state index contributed by atoms with van der Waals surface area (Å²) in [6.45, 7) is -1.16. The number of hydrogen-bond donors (Lipinski definition) is 1. The van der Waals surface area contributed by atoms with Gasteiger partial charge in [-0.2, -0.15) is 13.2 Å². The molecule has 2 rings (SSSR count). The van der Waals surface area contributed by atoms with Gasteiger partial charge in [-0.05, 0) is 24.8 Å². The first kappa shape index (κ1) is 15.8. The van der Waals surface area contributed by atoms with E-state index in [2.05, 4.69) is 0 Å². The first-order chi connectivity index (χ1) is 9.87. The van der Waals surface area contributed by atoms with E-state index in [1.807, 2.05) is 30.3 Å². The van der Waals surface area contributed by atoms with Crippen molar-refractivity contribution in [3.63, 3.8) is 0 Å². The van der Waals surface area contributed by atoms with E-state index in [9.17, 15) is 18.0 Å². The monoisotopic (exact) mass is 300 g/mol. The molecule has 6 heteroatoms. The summed E-state index contributed by atoms with van der Waals surface area (Å²) in [7, 11) is 0. The van der Waals surface area contributed by atoms with E-state index >= 15 is 0 Å². The van der Waals surface area contributed by atoms with Crippen LogP contribution in [0.4, 0.5) is 13.2 Å². The highest BCUT2D eigenvalue weighted by Crippen LogP contribution is 2.31. The minimum Gasteiger partial charge on any atom is -0.331 e. The second kappa shape index (κ2) is 6.47. The van der Waals surface area contributed by atoms with Crippen molar-refractivity contribution in [2.24, 2.45) is 5.73 Å². The predicted molar refractivity (Wildman–Crippen MR) is 73.4 cm³/mol. The number of benzene rings is 1. The first-order valence-electron chi connectivity index (χ1n) is 7.03. The van der Waals surface area contributed by atoms with Gasteiger partial charge in [-0.3, -0.25) is 4.79 Å². The zero-order valence-corrected chi connectivity index (χ0v) is 11.6. The lowest BCUT2D eigenvalue weighted by atomic mass is 10.0. The quantitative estimate of drug-likeness (QED) is 0.878. The van der Waals surface area contributed by atoms with Gasteiger partial charge in [0.2, 0.25) is 5.91 Å². The van der Waals surface area contributed by atoms with Gasteiger partial charge in [0.15, 0.2) is 0 Å². The molecule has 1 fully saturated rings. The van der Waals surface area contributed by atoms with Crippen LogP contribution in [0.25, 0.3) is 0 Å². The first-order valence-corrected chi connectivity index (χ1v) is 7.03. The Hall–Kier alpha value is -1.56. The molecule has 1 amide bonds. The molecule has 2 N–H and O–H groups in total. The van der Waals surface area contributed by atoms with E-state index in [1.54, 1.807) is 0 Å². The maximum absolute atomic E-state index is 12.5. The van der Waals surface area contributed by atoms with E-state index in [4.69, 9.17) is 5.73 Å². The van der Waals surface area contributed by atoms with E-state index in [0.717, 1.165) is 10.5 Å². The van der Waals surface area contributed by atoms with E-state index in [1.165, 1.54) is 0 Å². The molecule has 1 aromatic carbocycles. The number of alkyl halides is 3. The maximum atomic E-state index is 12.5. The van der Waals surface area contributed by atoms with Crippen molar-refractivity contribution in [1.82, 2.24) is 4.90 Å². The van der Waals surface area contributed by atoms with E-state index < -0.39 is 18.6 Å². The van der Waals surface area contributed by atoms with Gasteiger partial charge in [-0.1, -0.05) is 30.3 Å². The number of hydrogen-bond acceptors (Lipinski definition) is 2. The Morgan fingerprint density at radius 3 is 2.43 bits per heavy atom. The second-order valence-electron chi connectivity index (χ2n) is 5.42. The molecular formula is C15H19F3N2O. The molecule has 1 atom stereocenters. The van der Waals surface area contributed by atoms with Crippen LogP contribution >= 0.6 is 0 Å². The summed E-state index contributed by atoms with van der Waals surface area (Å²) in [4.78, 5) is 13.0. The third-order valence-corrected chi connectivity index (χ3v) is 3.55. The highest BCUT2D eigenvalue weighted by Gasteiger charge is 2.40. The summed E-state index contributed by atoms with van der Waals surface area (Å²) in [5.41, 5.74) is 6.86. The van der Waals surface area contributed by atoms with Crippen molar-refractivity contribution < 1.29 is 18.0 Å². The lowest BCUT2D eigenvalue weighted by Crippen LogP contribution is -2.40. The molecular weight excluding hydrogens is 281 g/mol. The summed E-state index contributed by atoms with van der Waals surface area (Å²) >= 11 is 0. The van der Waals surface area contributed by atoms with Crippen molar-refractivity contribution >= 4 is 5.91 Å². The van der Waals surface area contributed by atoms with Gasteiger partial charge in [-0.25, -0.2) is 0 Å². The Morgan fingerprint density at radius 1 is 1.29 bits per heavy atom. The van der Waals surface area contributed by atoms with Crippen LogP contribution in [0.2, 0.25) is 0 Å². The Bertz CT molecular complexity index is 472. The minimum atomic E-state index is -4.35. The number of carbonyl (C=O) groups is 1. The van der Waals surface area contributed by atoms with Gasteiger partial charge >= 0.3 is 6.18 Å². The van der Waals surface area contributed by atoms with E-state index in [-0.39, 0.29) is 18.5 Å². The molecule has 3 nitrogen and oxygen atoms in total. The summed E-state index contributed by atoms with van der Waals surface area (Å²) in [5.74, 6) is -0.457. The molecule has 0 bridgehead atoms. The molecule has 0 spiro atoms. The fourth-order valence-corrected chi connectivity index (χ4v) is 2.29. The topological polar surface area (TPSA) is 46.3 Å². The second-order valence-corrected chi connectivity index (χ2v) is 5.42. The fourth-order valence-electron chi connectivity index (χ4n) is 2.29. The Balaban J connectivity index is 1.87. The maximum Gasteiger partial charge on any atom is 0.406 e. The zero-order valence-electron chi connectivity index (χ0n) is 11.6. The third-order valence-electron chi connectivity index (χ3n) is 3.55. The van der Waals surface area contributed by atoms with Gasteiger partial charge in [0, 0.05) is 18.5 Å². The fraction of sp³-hybridized carbons (Fsp3) is 0.533. The number of carbonyl (C=O) groups excluding carboxylic acids is 1. The highest BCUT2D eigenvalue weighted by atomic mass is 19.4. The van der Waals surface area contributed by atoms with Crippen LogP contribution < -0.4 is 5.73 Å². The lowest BCUT2D eigenvalue weighted by molar-refractivity contribution is -0.162. The van der Waals surface area contributed by atoms with Crippen LogP contribution in [-0.4, -0.2) is 29.6 Å². The molecule has 0 saturated heterocycles. The summed E-state index contributed by atoms with van der Waals surface area (Å²) in [5, 5.41) is 0. The smallest absolute Gasteiger partial charge is 0.331 e. The van der Waals surface area contributed by atoms with Crippen LogP contribution in [0, 0.1) is 0 Å². The van der Waals surface area contributed by atoms with Crippen molar-refractivity contribution in [3.8, 4) is 0 Å². The van der Waals surface area contributed by atoms with Gasteiger partial charge < -0.3 is 10.6 Å². The average molecular weight is 300 g/mol. The minimum absolute atomic E-state index is 0.0443. The molecule has 0 aromatic heterocycles. The molecule has 1 saturated carbocycles. The van der Waals surface area contributed by atoms with Crippen molar-refractivity contribution in [1.29, 1.82) is 0 Å². The molecule has 0 aliphatic heterocycles. The molecule has 1 aliphatic carbocycles. The summed E-state index contributed by atoms with van der Waals surface area (Å²) in [6.07, 6.45) is -2.63. The van der Waals surface area contributed by atoms with Crippen molar-refractivity contribution in [2.45, 2.75) is 43.9 Å². The zero-order chi connectivity index (χ0) is 15.5.